The number of aromatic amines is 1. The maximum atomic E-state index is 12.2. The number of nitrogens with one attached hydrogen (secondary N) is 4. The van der Waals surface area contributed by atoms with E-state index in [0.29, 0.717) is 0 Å². The third kappa shape index (κ3) is 4.75. The summed E-state index contributed by atoms with van der Waals surface area (Å²) in [6.45, 7) is -0.265. The Morgan fingerprint density at radius 1 is 1.20 bits per heavy atom. The van der Waals surface area contributed by atoms with E-state index >= 15 is 0 Å². The Labute approximate surface area is 171 Å². The number of aromatic nitrogens is 1. The minimum absolute atomic E-state index is 0.120. The summed E-state index contributed by atoms with van der Waals surface area (Å²) in [5.74, 6) is -3.56. The number of rotatable bonds is 9. The predicted octanol–water partition coefficient (Wildman–Crippen LogP) is -0.810. The van der Waals surface area contributed by atoms with Crippen molar-refractivity contribution in [3.63, 3.8) is 0 Å². The van der Waals surface area contributed by atoms with Gasteiger partial charge in [0.25, 0.3) is 0 Å². The Hall–Kier alpha value is -3.44. The number of benzene rings is 1. The van der Waals surface area contributed by atoms with Crippen LogP contribution in [0.1, 0.15) is 30.3 Å². The van der Waals surface area contributed by atoms with Gasteiger partial charge in [0, 0.05) is 23.7 Å². The number of fused-ring (bicyclic) bond motifs is 3. The second-order valence-corrected chi connectivity index (χ2v) is 7.10. The topological polar surface area (TPSA) is 187 Å². The van der Waals surface area contributed by atoms with E-state index < -0.39 is 42.0 Å². The highest BCUT2D eigenvalue weighted by Crippen LogP contribution is 2.30. The number of amides is 2. The van der Waals surface area contributed by atoms with Gasteiger partial charge in [-0.2, -0.15) is 0 Å². The van der Waals surface area contributed by atoms with Crippen LogP contribution in [0.4, 0.5) is 0 Å². The first-order valence-corrected chi connectivity index (χ1v) is 9.38. The van der Waals surface area contributed by atoms with E-state index in [9.17, 15) is 29.4 Å². The molecule has 11 nitrogen and oxygen atoms in total. The van der Waals surface area contributed by atoms with Gasteiger partial charge >= 0.3 is 11.9 Å². The van der Waals surface area contributed by atoms with Gasteiger partial charge in [0.1, 0.15) is 18.2 Å². The first-order valence-electron chi connectivity index (χ1n) is 9.38. The first kappa shape index (κ1) is 21.3. The van der Waals surface area contributed by atoms with E-state index in [0.717, 1.165) is 22.2 Å². The number of para-hydroxylation sites is 1. The van der Waals surface area contributed by atoms with Crippen molar-refractivity contribution < 1.29 is 29.4 Å². The van der Waals surface area contributed by atoms with E-state index in [1.807, 2.05) is 24.3 Å². The maximum absolute atomic E-state index is 12.2. The monoisotopic (exact) mass is 417 g/mol. The van der Waals surface area contributed by atoms with Gasteiger partial charge in [-0.05, 0) is 18.1 Å². The van der Waals surface area contributed by atoms with E-state index in [1.54, 1.807) is 0 Å². The van der Waals surface area contributed by atoms with E-state index in [4.69, 9.17) is 5.73 Å². The van der Waals surface area contributed by atoms with Crippen LogP contribution < -0.4 is 21.7 Å². The van der Waals surface area contributed by atoms with Crippen molar-refractivity contribution in [3.05, 3.63) is 35.5 Å². The molecule has 0 radical (unpaired) electrons. The number of hydrogen-bond donors (Lipinski definition) is 7. The number of carbonyl (C=O) groups excluding carboxylic acids is 2. The van der Waals surface area contributed by atoms with Crippen molar-refractivity contribution in [3.8, 4) is 0 Å². The lowest BCUT2D eigenvalue weighted by Gasteiger charge is -2.29. The predicted molar refractivity (Wildman–Crippen MR) is 105 cm³/mol. The average molecular weight is 417 g/mol. The average Bonchev–Trinajstić information content (AvgIpc) is 3.07. The van der Waals surface area contributed by atoms with Crippen LogP contribution in [0.25, 0.3) is 10.9 Å². The molecule has 3 unspecified atom stereocenters. The summed E-state index contributed by atoms with van der Waals surface area (Å²) in [5.41, 5.74) is 7.45. The molecule has 0 saturated carbocycles. The molecule has 0 bridgehead atoms. The molecule has 30 heavy (non-hydrogen) atoms. The molecule has 160 valence electrons. The lowest BCUT2D eigenvalue weighted by atomic mass is 9.97. The molecule has 3 rings (SSSR count). The third-order valence-corrected chi connectivity index (χ3v) is 4.99. The van der Waals surface area contributed by atoms with Gasteiger partial charge in [-0.1, -0.05) is 18.2 Å². The molecule has 1 aromatic heterocycles. The largest absolute Gasteiger partial charge is 0.480 e. The van der Waals surface area contributed by atoms with Crippen LogP contribution in [0.5, 0.6) is 0 Å². The zero-order valence-electron chi connectivity index (χ0n) is 16.0. The SMILES string of the molecule is NC(=O)CCC(NC(=O)CNC1NC(C(=O)O)Cc2c1[nH]c1ccccc21)C(=O)O. The molecule has 2 aromatic rings. The maximum Gasteiger partial charge on any atom is 0.326 e. The summed E-state index contributed by atoms with van der Waals surface area (Å²) >= 11 is 0. The molecule has 0 saturated heterocycles. The van der Waals surface area contributed by atoms with Crippen LogP contribution in [0, 0.1) is 0 Å². The number of carboxylic acid groups (broad SMARTS) is 2. The molecule has 3 atom stereocenters. The molecular formula is C19H23N5O6. The number of nitrogens with two attached hydrogens (primary N) is 1. The smallest absolute Gasteiger partial charge is 0.326 e. The number of primary amides is 1. The minimum Gasteiger partial charge on any atom is -0.480 e. The Morgan fingerprint density at radius 3 is 2.60 bits per heavy atom. The van der Waals surface area contributed by atoms with Gasteiger partial charge < -0.3 is 26.2 Å². The number of carboxylic acids is 2. The fraction of sp³-hybridized carbons (Fsp3) is 0.368. The van der Waals surface area contributed by atoms with Crippen molar-refractivity contribution in [2.45, 2.75) is 37.5 Å². The number of H-pyrrole nitrogens is 1. The third-order valence-electron chi connectivity index (χ3n) is 4.99. The van der Waals surface area contributed by atoms with Crippen molar-refractivity contribution in [1.82, 2.24) is 20.9 Å². The van der Waals surface area contributed by atoms with Crippen molar-refractivity contribution >= 4 is 34.7 Å². The highest BCUT2D eigenvalue weighted by molar-refractivity contribution is 5.87. The summed E-state index contributed by atoms with van der Waals surface area (Å²) in [5, 5.41) is 27.8. The normalized spacial score (nSPS) is 19.1. The van der Waals surface area contributed by atoms with Gasteiger partial charge in [0.15, 0.2) is 0 Å². The number of hydrogen-bond acceptors (Lipinski definition) is 6. The zero-order valence-corrected chi connectivity index (χ0v) is 16.0. The van der Waals surface area contributed by atoms with Gasteiger partial charge in [-0.15, -0.1) is 0 Å². The second-order valence-electron chi connectivity index (χ2n) is 7.10. The van der Waals surface area contributed by atoms with Crippen LogP contribution in [0.2, 0.25) is 0 Å². The number of carbonyl (C=O) groups is 4. The Morgan fingerprint density at radius 2 is 1.93 bits per heavy atom. The summed E-state index contributed by atoms with van der Waals surface area (Å²) in [6.07, 6.45) is -0.659. The molecule has 8 N–H and O–H groups in total. The summed E-state index contributed by atoms with van der Waals surface area (Å²) in [6, 6.07) is 5.40. The molecule has 11 heteroatoms. The Bertz CT molecular complexity index is 987. The molecule has 1 aliphatic heterocycles. The molecule has 0 fully saturated rings. The Kier molecular flexibility index (Phi) is 6.33. The van der Waals surface area contributed by atoms with E-state index in [1.165, 1.54) is 0 Å². The lowest BCUT2D eigenvalue weighted by molar-refractivity contribution is -0.142. The molecule has 1 aliphatic rings. The van der Waals surface area contributed by atoms with Gasteiger partial charge in [-0.3, -0.25) is 25.0 Å². The van der Waals surface area contributed by atoms with Crippen molar-refractivity contribution in [2.24, 2.45) is 5.73 Å². The summed E-state index contributed by atoms with van der Waals surface area (Å²) < 4.78 is 0. The van der Waals surface area contributed by atoms with Gasteiger partial charge in [0.2, 0.25) is 11.8 Å². The second kappa shape index (κ2) is 8.93. The van der Waals surface area contributed by atoms with Gasteiger partial charge in [0.05, 0.1) is 12.2 Å². The van der Waals surface area contributed by atoms with E-state index in [-0.39, 0.29) is 25.8 Å². The van der Waals surface area contributed by atoms with Crippen LogP contribution in [-0.2, 0) is 25.6 Å². The van der Waals surface area contributed by atoms with Crippen LogP contribution in [0.3, 0.4) is 0 Å². The van der Waals surface area contributed by atoms with Gasteiger partial charge in [-0.25, -0.2) is 4.79 Å². The molecular weight excluding hydrogens is 394 g/mol. The first-order chi connectivity index (χ1) is 14.3. The molecule has 2 amide bonds. The van der Waals surface area contributed by atoms with Crippen molar-refractivity contribution in [2.75, 3.05) is 6.54 Å². The quantitative estimate of drug-likeness (QED) is 0.276. The minimum atomic E-state index is -1.27. The molecule has 2 heterocycles. The lowest BCUT2D eigenvalue weighted by Crippen LogP contribution is -2.52. The molecule has 1 aromatic carbocycles. The summed E-state index contributed by atoms with van der Waals surface area (Å²) in [7, 11) is 0. The fourth-order valence-electron chi connectivity index (χ4n) is 3.54. The number of aliphatic carboxylic acids is 2. The van der Waals surface area contributed by atoms with Crippen LogP contribution in [-0.4, -0.2) is 57.6 Å². The van der Waals surface area contributed by atoms with Crippen molar-refractivity contribution in [1.29, 1.82) is 0 Å². The standard InChI is InChI=1S/C19H23N5O6/c20-14(25)6-5-12(18(27)28)22-15(26)8-21-17-16-10(7-13(24-17)19(29)30)9-3-1-2-4-11(9)23-16/h1-4,12-13,17,21,23-24H,5-8H2,(H2,20,25)(H,22,26)(H,27,28)(H,29,30). The fourth-order valence-corrected chi connectivity index (χ4v) is 3.54. The van der Waals surface area contributed by atoms with Crippen LogP contribution >= 0.6 is 0 Å². The molecule has 0 spiro atoms. The van der Waals surface area contributed by atoms with Crippen LogP contribution in [0.15, 0.2) is 24.3 Å². The summed E-state index contributed by atoms with van der Waals surface area (Å²) in [4.78, 5) is 49.2. The highest BCUT2D eigenvalue weighted by Gasteiger charge is 2.33. The van der Waals surface area contributed by atoms with E-state index in [2.05, 4.69) is 20.9 Å². The highest BCUT2D eigenvalue weighted by atomic mass is 16.4. The molecule has 0 aliphatic carbocycles. The zero-order chi connectivity index (χ0) is 21.8. The Balaban J connectivity index is 1.71.